The molecule has 0 aromatic heterocycles. The predicted molar refractivity (Wildman–Crippen MR) is 127 cm³/mol. The van der Waals surface area contributed by atoms with E-state index in [0.29, 0.717) is 25.0 Å². The molecule has 0 saturated heterocycles. The minimum absolute atomic E-state index is 0.420. The van der Waals surface area contributed by atoms with Crippen molar-refractivity contribution in [3.05, 3.63) is 82.9 Å². The van der Waals surface area contributed by atoms with Crippen molar-refractivity contribution in [1.29, 1.82) is 0 Å². The average molecular weight is 439 g/mol. The Labute approximate surface area is 187 Å². The van der Waals surface area contributed by atoms with Crippen LogP contribution < -0.4 is 0 Å². The van der Waals surface area contributed by atoms with Crippen molar-refractivity contribution < 1.29 is 9.47 Å². The Morgan fingerprint density at radius 2 is 1.03 bits per heavy atom. The van der Waals surface area contributed by atoms with Gasteiger partial charge in [0.2, 0.25) is 0 Å². The molecule has 0 amide bonds. The fourth-order valence-corrected chi connectivity index (χ4v) is 4.80. The first-order chi connectivity index (χ1) is 14.7. The molecule has 0 N–H and O–H groups in total. The number of hydrogen-bond acceptors (Lipinski definition) is 2. The highest BCUT2D eigenvalue weighted by Gasteiger charge is 2.21. The quantitative estimate of drug-likeness (QED) is 0.279. The number of fused-ring (bicyclic) bond motifs is 2. The zero-order chi connectivity index (χ0) is 21.1. The molecule has 4 aromatic rings. The summed E-state index contributed by atoms with van der Waals surface area (Å²) in [7, 11) is 3.45. The first-order valence-corrected chi connectivity index (χ1v) is 11.0. The standard InChI is InChI=1S/C26H24Cl2O2/c1-29-15-23-19(13-27)11-17-7-3-5-9-21(17)25(23)26-22-10-6-4-8-18(22)12-20(14-28)24(26)16-30-2/h3-12H,13-16H2,1-2H3. The third-order valence-electron chi connectivity index (χ3n) is 5.61. The normalized spacial score (nSPS) is 11.5. The molecular formula is C26H24Cl2O2. The van der Waals surface area contributed by atoms with E-state index in [1.807, 2.05) is 0 Å². The number of rotatable bonds is 7. The van der Waals surface area contributed by atoms with E-state index in [4.69, 9.17) is 32.7 Å². The summed E-state index contributed by atoms with van der Waals surface area (Å²) in [6, 6.07) is 21.2. The first-order valence-electron chi connectivity index (χ1n) is 9.90. The molecule has 0 saturated carbocycles. The molecule has 4 rings (SSSR count). The van der Waals surface area contributed by atoms with Crippen LogP contribution in [0.5, 0.6) is 0 Å². The SMILES string of the molecule is COCc1c(CCl)cc2ccccc2c1-c1c(COC)c(CCl)cc2ccccc12. The Balaban J connectivity index is 2.25. The molecule has 0 fully saturated rings. The van der Waals surface area contributed by atoms with Crippen molar-refractivity contribution >= 4 is 44.7 Å². The van der Waals surface area contributed by atoms with Crippen LogP contribution in [0.1, 0.15) is 22.3 Å². The maximum absolute atomic E-state index is 6.40. The van der Waals surface area contributed by atoms with Crippen LogP contribution in [0.25, 0.3) is 32.7 Å². The van der Waals surface area contributed by atoms with Gasteiger partial charge < -0.3 is 9.47 Å². The van der Waals surface area contributed by atoms with Gasteiger partial charge in [0.05, 0.1) is 13.2 Å². The fourth-order valence-electron chi connectivity index (χ4n) is 4.32. The summed E-state index contributed by atoms with van der Waals surface area (Å²) in [5, 5.41) is 4.67. The van der Waals surface area contributed by atoms with Gasteiger partial charge in [-0.3, -0.25) is 0 Å². The molecule has 2 nitrogen and oxygen atoms in total. The average Bonchev–Trinajstić information content (AvgIpc) is 2.79. The Kier molecular flexibility index (Phi) is 6.60. The summed E-state index contributed by atoms with van der Waals surface area (Å²) in [5.41, 5.74) is 6.69. The number of halogens is 2. The van der Waals surface area contributed by atoms with Crippen LogP contribution in [-0.4, -0.2) is 14.2 Å². The van der Waals surface area contributed by atoms with Gasteiger partial charge >= 0.3 is 0 Å². The van der Waals surface area contributed by atoms with Gasteiger partial charge in [0, 0.05) is 26.0 Å². The summed E-state index contributed by atoms with van der Waals surface area (Å²) < 4.78 is 11.3. The smallest absolute Gasteiger partial charge is 0.0722 e. The highest BCUT2D eigenvalue weighted by Crippen LogP contribution is 2.43. The second kappa shape index (κ2) is 9.36. The third kappa shape index (κ3) is 3.70. The van der Waals surface area contributed by atoms with Gasteiger partial charge in [-0.05, 0) is 67.1 Å². The van der Waals surface area contributed by atoms with E-state index in [9.17, 15) is 0 Å². The number of methoxy groups -OCH3 is 2. The van der Waals surface area contributed by atoms with Gasteiger partial charge in [0.1, 0.15) is 0 Å². The Morgan fingerprint density at radius 1 is 0.633 bits per heavy atom. The molecular weight excluding hydrogens is 415 g/mol. The van der Waals surface area contributed by atoms with Gasteiger partial charge in [0.15, 0.2) is 0 Å². The van der Waals surface area contributed by atoms with Crippen LogP contribution in [0.4, 0.5) is 0 Å². The van der Waals surface area contributed by atoms with Crippen LogP contribution in [0, 0.1) is 0 Å². The summed E-state index contributed by atoms with van der Waals surface area (Å²) in [6.45, 7) is 0.960. The van der Waals surface area contributed by atoms with E-state index in [0.717, 1.165) is 44.2 Å². The van der Waals surface area contributed by atoms with Crippen LogP contribution >= 0.6 is 23.2 Å². The van der Waals surface area contributed by atoms with Crippen LogP contribution in [0.15, 0.2) is 60.7 Å². The lowest BCUT2D eigenvalue weighted by Gasteiger charge is -2.23. The second-order valence-electron chi connectivity index (χ2n) is 7.35. The van der Waals surface area contributed by atoms with Gasteiger partial charge in [-0.1, -0.05) is 48.5 Å². The van der Waals surface area contributed by atoms with Crippen LogP contribution in [0.3, 0.4) is 0 Å². The third-order valence-corrected chi connectivity index (χ3v) is 6.19. The van der Waals surface area contributed by atoms with Gasteiger partial charge in [0.25, 0.3) is 0 Å². The summed E-state index contributed by atoms with van der Waals surface area (Å²) in [5.74, 6) is 0.840. The topological polar surface area (TPSA) is 18.5 Å². The maximum atomic E-state index is 6.40. The Morgan fingerprint density at radius 3 is 1.40 bits per heavy atom. The molecule has 0 unspecified atom stereocenters. The molecule has 30 heavy (non-hydrogen) atoms. The molecule has 0 atom stereocenters. The van der Waals surface area contributed by atoms with E-state index in [1.165, 1.54) is 10.8 Å². The van der Waals surface area contributed by atoms with Crippen molar-refractivity contribution in [3.63, 3.8) is 0 Å². The number of alkyl halides is 2. The van der Waals surface area contributed by atoms with Crippen molar-refractivity contribution in [3.8, 4) is 11.1 Å². The number of hydrogen-bond donors (Lipinski definition) is 0. The molecule has 0 aliphatic carbocycles. The van der Waals surface area contributed by atoms with Gasteiger partial charge in [-0.15, -0.1) is 23.2 Å². The van der Waals surface area contributed by atoms with E-state index < -0.39 is 0 Å². The van der Waals surface area contributed by atoms with Crippen LogP contribution in [0.2, 0.25) is 0 Å². The summed E-state index contributed by atoms with van der Waals surface area (Å²) in [6.07, 6.45) is 0. The monoisotopic (exact) mass is 438 g/mol. The largest absolute Gasteiger partial charge is 0.380 e. The number of ether oxygens (including phenoxy) is 2. The zero-order valence-corrected chi connectivity index (χ0v) is 18.7. The van der Waals surface area contributed by atoms with Crippen molar-refractivity contribution in [2.75, 3.05) is 14.2 Å². The lowest BCUT2D eigenvalue weighted by molar-refractivity contribution is 0.183. The minimum Gasteiger partial charge on any atom is -0.380 e. The molecule has 0 aliphatic heterocycles. The fraction of sp³-hybridized carbons (Fsp3) is 0.231. The van der Waals surface area contributed by atoms with Crippen LogP contribution in [-0.2, 0) is 34.4 Å². The lowest BCUT2D eigenvalue weighted by Crippen LogP contribution is -2.05. The van der Waals surface area contributed by atoms with Gasteiger partial charge in [-0.25, -0.2) is 0 Å². The number of benzene rings is 4. The predicted octanol–water partition coefficient (Wildman–Crippen LogP) is 7.43. The molecule has 0 bridgehead atoms. The van der Waals surface area contributed by atoms with Gasteiger partial charge in [-0.2, -0.15) is 0 Å². The van der Waals surface area contributed by atoms with Crippen molar-refractivity contribution in [2.24, 2.45) is 0 Å². The first kappa shape index (κ1) is 21.1. The molecule has 0 heterocycles. The summed E-state index contributed by atoms with van der Waals surface area (Å²) in [4.78, 5) is 0. The maximum Gasteiger partial charge on any atom is 0.0722 e. The molecule has 154 valence electrons. The molecule has 0 aliphatic rings. The Bertz CT molecular complexity index is 1110. The van der Waals surface area contributed by atoms with Crippen molar-refractivity contribution in [1.82, 2.24) is 0 Å². The minimum atomic E-state index is 0.420. The van der Waals surface area contributed by atoms with Crippen molar-refractivity contribution in [2.45, 2.75) is 25.0 Å². The van der Waals surface area contributed by atoms with E-state index in [-0.39, 0.29) is 0 Å². The molecule has 0 radical (unpaired) electrons. The van der Waals surface area contributed by atoms with E-state index in [1.54, 1.807) is 14.2 Å². The highest BCUT2D eigenvalue weighted by molar-refractivity contribution is 6.19. The summed E-state index contributed by atoms with van der Waals surface area (Å²) >= 11 is 12.8. The molecule has 4 aromatic carbocycles. The zero-order valence-electron chi connectivity index (χ0n) is 17.2. The lowest BCUT2D eigenvalue weighted by atomic mass is 9.84. The Hall–Kier alpha value is -2.10. The molecule has 0 spiro atoms. The second-order valence-corrected chi connectivity index (χ2v) is 7.89. The van der Waals surface area contributed by atoms with E-state index in [2.05, 4.69) is 60.7 Å². The molecule has 4 heteroatoms. The van der Waals surface area contributed by atoms with E-state index >= 15 is 0 Å². The highest BCUT2D eigenvalue weighted by atomic mass is 35.5.